The van der Waals surface area contributed by atoms with Crippen molar-refractivity contribution in [2.75, 3.05) is 4.31 Å². The Morgan fingerprint density at radius 1 is 1.04 bits per heavy atom. The summed E-state index contributed by atoms with van der Waals surface area (Å²) in [4.78, 5) is 12.0. The normalized spacial score (nSPS) is 12.7. The number of carbonyl (C=O) groups is 1. The van der Waals surface area contributed by atoms with Crippen LogP contribution < -0.4 is 4.31 Å². The van der Waals surface area contributed by atoms with Crippen LogP contribution in [0.25, 0.3) is 0 Å². The van der Waals surface area contributed by atoms with E-state index >= 15 is 0 Å². The van der Waals surface area contributed by atoms with Crippen molar-refractivity contribution in [1.82, 2.24) is 0 Å². The molecule has 0 aliphatic carbocycles. The second-order valence-corrected chi connectivity index (χ2v) is 8.49. The van der Waals surface area contributed by atoms with E-state index in [4.69, 9.17) is 23.2 Å². The fourth-order valence-electron chi connectivity index (χ4n) is 2.83. The molecule has 1 unspecified atom stereocenters. The minimum absolute atomic E-state index is 0.0552. The molecule has 0 saturated heterocycles. The molecule has 0 heterocycles. The van der Waals surface area contributed by atoms with E-state index in [1.807, 2.05) is 32.0 Å². The molecule has 0 amide bonds. The molecule has 0 aromatic heterocycles. The largest absolute Gasteiger partial charge is 0.279 e. The average Bonchev–Trinajstić information content (AvgIpc) is 2.61. The molecule has 0 radical (unpaired) electrons. The SMILES string of the molecule is CCc1cccc(CC)c1N(C(C)C(=O)Cl)S(=O)(=O)c1ccc(Cl)cc1. The van der Waals surface area contributed by atoms with Crippen LogP contribution in [0.5, 0.6) is 0 Å². The molecule has 140 valence electrons. The number of hydrogen-bond acceptors (Lipinski definition) is 3. The van der Waals surface area contributed by atoms with Gasteiger partial charge in [0.05, 0.1) is 10.6 Å². The van der Waals surface area contributed by atoms with Gasteiger partial charge in [-0.1, -0.05) is 43.6 Å². The first-order chi connectivity index (χ1) is 12.2. The minimum atomic E-state index is -4.01. The predicted molar refractivity (Wildman–Crippen MR) is 107 cm³/mol. The van der Waals surface area contributed by atoms with E-state index in [1.54, 1.807) is 0 Å². The molecular weight excluding hydrogens is 393 g/mol. The van der Waals surface area contributed by atoms with Gasteiger partial charge >= 0.3 is 0 Å². The van der Waals surface area contributed by atoms with E-state index in [0.29, 0.717) is 23.6 Å². The Hall–Kier alpha value is -1.56. The highest BCUT2D eigenvalue weighted by atomic mass is 35.5. The van der Waals surface area contributed by atoms with Crippen LogP contribution in [0.3, 0.4) is 0 Å². The Balaban J connectivity index is 2.77. The molecule has 2 rings (SSSR count). The highest BCUT2D eigenvalue weighted by molar-refractivity contribution is 7.93. The summed E-state index contributed by atoms with van der Waals surface area (Å²) in [5, 5.41) is -0.310. The lowest BCUT2D eigenvalue weighted by atomic mass is 10.0. The highest BCUT2D eigenvalue weighted by Crippen LogP contribution is 2.34. The summed E-state index contributed by atoms with van der Waals surface area (Å²) < 4.78 is 27.9. The molecule has 2 aromatic rings. The third-order valence-electron chi connectivity index (χ3n) is 4.24. The average molecular weight is 414 g/mol. The van der Waals surface area contributed by atoms with Gasteiger partial charge in [-0.15, -0.1) is 0 Å². The van der Waals surface area contributed by atoms with Gasteiger partial charge in [0.1, 0.15) is 6.04 Å². The van der Waals surface area contributed by atoms with Crippen LogP contribution in [0.1, 0.15) is 31.9 Å². The lowest BCUT2D eigenvalue weighted by Gasteiger charge is -2.32. The predicted octanol–water partition coefficient (Wildman–Crippen LogP) is 4.81. The van der Waals surface area contributed by atoms with E-state index in [2.05, 4.69) is 0 Å². The number of aryl methyl sites for hydroxylation is 2. The molecule has 4 nitrogen and oxygen atoms in total. The quantitative estimate of drug-likeness (QED) is 0.611. The summed E-state index contributed by atoms with van der Waals surface area (Å²) in [5.41, 5.74) is 2.20. The third kappa shape index (κ3) is 4.05. The number of anilines is 1. The maximum Gasteiger partial charge on any atom is 0.265 e. The van der Waals surface area contributed by atoms with E-state index in [-0.39, 0.29) is 4.90 Å². The minimum Gasteiger partial charge on any atom is -0.279 e. The fourth-order valence-corrected chi connectivity index (χ4v) is 4.81. The van der Waals surface area contributed by atoms with E-state index in [0.717, 1.165) is 15.4 Å². The van der Waals surface area contributed by atoms with Gasteiger partial charge in [0, 0.05) is 5.02 Å². The van der Waals surface area contributed by atoms with Crippen molar-refractivity contribution >= 4 is 44.2 Å². The molecule has 0 N–H and O–H groups in total. The molecule has 0 fully saturated rings. The number of halogens is 2. The standard InChI is InChI=1S/C19H21Cl2NO3S/c1-4-14-7-6-8-15(5-2)18(14)22(13(3)19(21)23)26(24,25)17-11-9-16(20)10-12-17/h6-13H,4-5H2,1-3H3. The van der Waals surface area contributed by atoms with Gasteiger partial charge < -0.3 is 0 Å². The van der Waals surface area contributed by atoms with Crippen LogP contribution >= 0.6 is 23.2 Å². The van der Waals surface area contributed by atoms with Crippen LogP contribution in [0, 0.1) is 0 Å². The van der Waals surface area contributed by atoms with Gasteiger partial charge in [-0.3, -0.25) is 9.10 Å². The molecule has 0 aliphatic rings. The van der Waals surface area contributed by atoms with E-state index < -0.39 is 21.3 Å². The van der Waals surface area contributed by atoms with Gasteiger partial charge in [0.25, 0.3) is 10.0 Å². The maximum absolute atomic E-state index is 13.4. The Morgan fingerprint density at radius 3 is 1.96 bits per heavy atom. The number of nitrogens with zero attached hydrogens (tertiary/aromatic N) is 1. The zero-order valence-corrected chi connectivity index (χ0v) is 17.2. The summed E-state index contributed by atoms with van der Waals surface area (Å²) in [5.74, 6) is 0. The first-order valence-corrected chi connectivity index (χ1v) is 10.5. The van der Waals surface area contributed by atoms with E-state index in [1.165, 1.54) is 31.2 Å². The molecule has 0 aliphatic heterocycles. The van der Waals surface area contributed by atoms with Crippen molar-refractivity contribution in [2.24, 2.45) is 0 Å². The highest BCUT2D eigenvalue weighted by Gasteiger charge is 2.35. The zero-order chi connectivity index (χ0) is 19.5. The number of hydrogen-bond donors (Lipinski definition) is 0. The summed E-state index contributed by atoms with van der Waals surface area (Å²) in [6, 6.07) is 10.4. The van der Waals surface area contributed by atoms with Gasteiger partial charge in [0.15, 0.2) is 0 Å². The van der Waals surface area contributed by atoms with E-state index in [9.17, 15) is 13.2 Å². The van der Waals surface area contributed by atoms with Crippen LogP contribution in [-0.2, 0) is 27.7 Å². The zero-order valence-electron chi connectivity index (χ0n) is 14.9. The molecule has 0 bridgehead atoms. The molecule has 0 spiro atoms. The van der Waals surface area contributed by atoms with Crippen LogP contribution in [-0.4, -0.2) is 19.7 Å². The molecule has 0 saturated carbocycles. The number of rotatable bonds is 7. The fraction of sp³-hybridized carbons (Fsp3) is 0.316. The van der Waals surface area contributed by atoms with Crippen molar-refractivity contribution in [1.29, 1.82) is 0 Å². The molecule has 1 atom stereocenters. The Labute approximate surface area is 164 Å². The topological polar surface area (TPSA) is 54.5 Å². The van der Waals surface area contributed by atoms with Crippen LogP contribution in [0.4, 0.5) is 5.69 Å². The lowest BCUT2D eigenvalue weighted by Crippen LogP contribution is -2.43. The number of carbonyl (C=O) groups excluding carboxylic acids is 1. The monoisotopic (exact) mass is 413 g/mol. The maximum atomic E-state index is 13.4. The van der Waals surface area contributed by atoms with Crippen LogP contribution in [0.2, 0.25) is 5.02 Å². The van der Waals surface area contributed by atoms with Crippen molar-refractivity contribution in [3.63, 3.8) is 0 Å². The second-order valence-electron chi connectivity index (χ2n) is 5.87. The molecule has 26 heavy (non-hydrogen) atoms. The Morgan fingerprint density at radius 2 is 1.54 bits per heavy atom. The number of sulfonamides is 1. The summed E-state index contributed by atoms with van der Waals surface area (Å²) >= 11 is 11.6. The number of para-hydroxylation sites is 1. The van der Waals surface area contributed by atoms with Crippen LogP contribution in [0.15, 0.2) is 47.4 Å². The Bertz CT molecular complexity index is 873. The van der Waals surface area contributed by atoms with Gasteiger partial charge in [0.2, 0.25) is 5.24 Å². The van der Waals surface area contributed by atoms with Gasteiger partial charge in [-0.2, -0.15) is 0 Å². The Kier molecular flexibility index (Phi) is 6.72. The summed E-state index contributed by atoms with van der Waals surface area (Å²) in [6.45, 7) is 5.38. The molecular formula is C19H21Cl2NO3S. The lowest BCUT2D eigenvalue weighted by molar-refractivity contribution is -0.112. The van der Waals surface area contributed by atoms with Crippen molar-refractivity contribution in [2.45, 2.75) is 44.6 Å². The molecule has 2 aromatic carbocycles. The van der Waals surface area contributed by atoms with Crippen molar-refractivity contribution in [3.8, 4) is 0 Å². The number of benzene rings is 2. The smallest absolute Gasteiger partial charge is 0.265 e. The van der Waals surface area contributed by atoms with Gasteiger partial charge in [-0.25, -0.2) is 8.42 Å². The summed E-state index contributed by atoms with van der Waals surface area (Å²) in [6.07, 6.45) is 1.25. The van der Waals surface area contributed by atoms with Crippen molar-refractivity contribution < 1.29 is 13.2 Å². The first kappa shape index (κ1) is 20.7. The third-order valence-corrected chi connectivity index (χ3v) is 6.69. The van der Waals surface area contributed by atoms with Gasteiger partial charge in [-0.05, 0) is 66.8 Å². The summed E-state index contributed by atoms with van der Waals surface area (Å²) in [7, 11) is -4.01. The molecule has 7 heteroatoms. The first-order valence-electron chi connectivity index (χ1n) is 8.34. The van der Waals surface area contributed by atoms with Crippen molar-refractivity contribution in [3.05, 3.63) is 58.6 Å². The second kappa shape index (κ2) is 8.42.